The van der Waals surface area contributed by atoms with Crippen molar-refractivity contribution in [2.24, 2.45) is 11.7 Å². The van der Waals surface area contributed by atoms with Crippen LogP contribution in [0.2, 0.25) is 5.02 Å². The summed E-state index contributed by atoms with van der Waals surface area (Å²) < 4.78 is 0. The molecule has 2 atom stereocenters. The van der Waals surface area contributed by atoms with Crippen molar-refractivity contribution in [3.05, 3.63) is 59.1 Å². The zero-order chi connectivity index (χ0) is 16.4. The Balaban J connectivity index is 1.62. The maximum Gasteiger partial charge on any atom is 0.316 e. The summed E-state index contributed by atoms with van der Waals surface area (Å²) >= 11 is 5.88. The Kier molecular flexibility index (Phi) is 4.21. The Morgan fingerprint density at radius 1 is 1.04 bits per heavy atom. The van der Waals surface area contributed by atoms with Gasteiger partial charge in [0.05, 0.1) is 0 Å². The van der Waals surface area contributed by atoms with Gasteiger partial charge in [0.15, 0.2) is 0 Å². The van der Waals surface area contributed by atoms with Gasteiger partial charge in [0.2, 0.25) is 5.91 Å². The lowest BCUT2D eigenvalue weighted by Crippen LogP contribution is -2.19. The fourth-order valence-electron chi connectivity index (χ4n) is 2.62. The van der Waals surface area contributed by atoms with E-state index in [2.05, 4.69) is 10.6 Å². The van der Waals surface area contributed by atoms with E-state index in [1.165, 1.54) is 0 Å². The first-order chi connectivity index (χ1) is 11.0. The van der Waals surface area contributed by atoms with Crippen molar-refractivity contribution in [3.8, 4) is 0 Å². The summed E-state index contributed by atoms with van der Waals surface area (Å²) in [4.78, 5) is 23.2. The first-order valence-corrected chi connectivity index (χ1v) is 7.63. The molecule has 0 radical (unpaired) electrons. The van der Waals surface area contributed by atoms with Gasteiger partial charge in [0.1, 0.15) is 0 Å². The molecular formula is C17H16ClN3O2. The predicted molar refractivity (Wildman–Crippen MR) is 90.6 cm³/mol. The molecule has 1 saturated carbocycles. The summed E-state index contributed by atoms with van der Waals surface area (Å²) in [6, 6.07) is 13.8. The van der Waals surface area contributed by atoms with Crippen LogP contribution in [-0.2, 0) is 4.79 Å². The zero-order valence-electron chi connectivity index (χ0n) is 12.3. The highest BCUT2D eigenvalue weighted by molar-refractivity contribution is 6.30. The predicted octanol–water partition coefficient (Wildman–Crippen LogP) is 3.57. The van der Waals surface area contributed by atoms with Crippen LogP contribution in [0.4, 0.5) is 16.2 Å². The average Bonchev–Trinajstić information content (AvgIpc) is 3.28. The van der Waals surface area contributed by atoms with Gasteiger partial charge in [-0.25, -0.2) is 4.79 Å². The second kappa shape index (κ2) is 6.30. The molecule has 0 heterocycles. The monoisotopic (exact) mass is 329 g/mol. The summed E-state index contributed by atoms with van der Waals surface area (Å²) in [6.45, 7) is 0. The molecule has 23 heavy (non-hydrogen) atoms. The molecule has 5 nitrogen and oxygen atoms in total. The van der Waals surface area contributed by atoms with Crippen molar-refractivity contribution < 1.29 is 9.59 Å². The molecule has 1 aliphatic rings. The minimum atomic E-state index is -0.640. The van der Waals surface area contributed by atoms with Gasteiger partial charge in [0, 0.05) is 22.3 Å². The Bertz CT molecular complexity index is 746. The van der Waals surface area contributed by atoms with E-state index in [0.29, 0.717) is 16.4 Å². The highest BCUT2D eigenvalue weighted by Gasteiger charge is 2.43. The van der Waals surface area contributed by atoms with E-state index in [9.17, 15) is 9.59 Å². The molecule has 0 saturated heterocycles. The van der Waals surface area contributed by atoms with Gasteiger partial charge in [-0.15, -0.1) is 0 Å². The molecule has 6 heteroatoms. The van der Waals surface area contributed by atoms with Crippen LogP contribution in [0.1, 0.15) is 17.9 Å². The summed E-state index contributed by atoms with van der Waals surface area (Å²) in [5, 5.41) is 6.04. The third-order valence-corrected chi connectivity index (χ3v) is 4.07. The summed E-state index contributed by atoms with van der Waals surface area (Å²) in [5.41, 5.74) is 7.37. The maximum atomic E-state index is 12.3. The third kappa shape index (κ3) is 3.81. The SMILES string of the molecule is NC(=O)Nc1cccc(NC(=O)[C@@H]2C[C@@H]2c2ccc(Cl)cc2)c1. The van der Waals surface area contributed by atoms with Crippen molar-refractivity contribution in [3.63, 3.8) is 0 Å². The van der Waals surface area contributed by atoms with E-state index in [4.69, 9.17) is 17.3 Å². The van der Waals surface area contributed by atoms with Crippen LogP contribution in [0.25, 0.3) is 0 Å². The number of anilines is 2. The normalized spacial score (nSPS) is 19.0. The van der Waals surface area contributed by atoms with Crippen LogP contribution in [0.5, 0.6) is 0 Å². The smallest absolute Gasteiger partial charge is 0.316 e. The molecule has 4 N–H and O–H groups in total. The van der Waals surface area contributed by atoms with Gasteiger partial charge in [-0.3, -0.25) is 4.79 Å². The number of hydrogen-bond acceptors (Lipinski definition) is 2. The number of carbonyl (C=O) groups excluding carboxylic acids is 2. The molecule has 1 aliphatic carbocycles. The highest BCUT2D eigenvalue weighted by Crippen LogP contribution is 2.48. The molecule has 0 unspecified atom stereocenters. The lowest BCUT2D eigenvalue weighted by atomic mass is 10.1. The molecule has 0 bridgehead atoms. The van der Waals surface area contributed by atoms with Gasteiger partial charge in [0.25, 0.3) is 0 Å². The van der Waals surface area contributed by atoms with Crippen molar-refractivity contribution >= 4 is 34.9 Å². The molecule has 3 rings (SSSR count). The van der Waals surface area contributed by atoms with Crippen LogP contribution in [0, 0.1) is 5.92 Å². The van der Waals surface area contributed by atoms with E-state index in [0.717, 1.165) is 12.0 Å². The Labute approximate surface area is 138 Å². The first-order valence-electron chi connectivity index (χ1n) is 7.26. The standard InChI is InChI=1S/C17H16ClN3O2/c18-11-6-4-10(5-7-11)14-9-15(14)16(22)20-12-2-1-3-13(8-12)21-17(19)23/h1-8,14-15H,9H2,(H,20,22)(H3,19,21,23)/t14-,15-/m1/s1. The lowest BCUT2D eigenvalue weighted by molar-refractivity contribution is -0.117. The molecular weight excluding hydrogens is 314 g/mol. The van der Waals surface area contributed by atoms with Crippen molar-refractivity contribution in [2.45, 2.75) is 12.3 Å². The van der Waals surface area contributed by atoms with Crippen LogP contribution in [0.15, 0.2) is 48.5 Å². The second-order valence-corrected chi connectivity index (χ2v) is 6.00. The van der Waals surface area contributed by atoms with Gasteiger partial charge in [-0.1, -0.05) is 29.8 Å². The molecule has 118 valence electrons. The number of benzene rings is 2. The quantitative estimate of drug-likeness (QED) is 0.801. The molecule has 2 aromatic carbocycles. The third-order valence-electron chi connectivity index (χ3n) is 3.82. The van der Waals surface area contributed by atoms with Crippen LogP contribution in [0.3, 0.4) is 0 Å². The summed E-state index contributed by atoms with van der Waals surface area (Å²) in [7, 11) is 0. The highest BCUT2D eigenvalue weighted by atomic mass is 35.5. The number of carbonyl (C=O) groups is 2. The lowest BCUT2D eigenvalue weighted by Gasteiger charge is -2.07. The maximum absolute atomic E-state index is 12.3. The van der Waals surface area contributed by atoms with E-state index in [1.807, 2.05) is 24.3 Å². The number of urea groups is 1. The van der Waals surface area contributed by atoms with Crippen molar-refractivity contribution in [2.75, 3.05) is 10.6 Å². The van der Waals surface area contributed by atoms with E-state index >= 15 is 0 Å². The fraction of sp³-hybridized carbons (Fsp3) is 0.176. The number of amides is 3. The van der Waals surface area contributed by atoms with E-state index < -0.39 is 6.03 Å². The minimum absolute atomic E-state index is 0.0267. The Morgan fingerprint density at radius 3 is 2.35 bits per heavy atom. The Morgan fingerprint density at radius 2 is 1.70 bits per heavy atom. The van der Waals surface area contributed by atoms with Gasteiger partial charge in [-0.05, 0) is 48.2 Å². The van der Waals surface area contributed by atoms with Gasteiger partial charge >= 0.3 is 6.03 Å². The number of halogens is 1. The zero-order valence-corrected chi connectivity index (χ0v) is 13.0. The molecule has 0 aromatic heterocycles. The number of nitrogens with two attached hydrogens (primary N) is 1. The molecule has 1 fully saturated rings. The molecule has 3 amide bonds. The van der Waals surface area contributed by atoms with E-state index in [-0.39, 0.29) is 17.7 Å². The molecule has 2 aromatic rings. The molecule has 0 aliphatic heterocycles. The number of nitrogens with one attached hydrogen (secondary N) is 2. The fourth-order valence-corrected chi connectivity index (χ4v) is 2.74. The minimum Gasteiger partial charge on any atom is -0.351 e. The largest absolute Gasteiger partial charge is 0.351 e. The molecule has 0 spiro atoms. The van der Waals surface area contributed by atoms with E-state index in [1.54, 1.807) is 24.3 Å². The summed E-state index contributed by atoms with van der Waals surface area (Å²) in [5.74, 6) is 0.171. The number of hydrogen-bond donors (Lipinski definition) is 3. The topological polar surface area (TPSA) is 84.2 Å². The van der Waals surface area contributed by atoms with Crippen molar-refractivity contribution in [1.29, 1.82) is 0 Å². The number of primary amides is 1. The van der Waals surface area contributed by atoms with Crippen molar-refractivity contribution in [1.82, 2.24) is 0 Å². The average molecular weight is 330 g/mol. The Hall–Kier alpha value is -2.53. The van der Waals surface area contributed by atoms with Crippen LogP contribution < -0.4 is 16.4 Å². The van der Waals surface area contributed by atoms with Gasteiger partial charge < -0.3 is 16.4 Å². The first kappa shape index (κ1) is 15.4. The van der Waals surface area contributed by atoms with Gasteiger partial charge in [-0.2, -0.15) is 0 Å². The summed E-state index contributed by atoms with van der Waals surface area (Å²) in [6.07, 6.45) is 0.826. The number of rotatable bonds is 4. The van der Waals surface area contributed by atoms with Crippen LogP contribution in [-0.4, -0.2) is 11.9 Å². The van der Waals surface area contributed by atoms with Crippen LogP contribution >= 0.6 is 11.6 Å². The second-order valence-electron chi connectivity index (χ2n) is 5.56.